The van der Waals surface area contributed by atoms with Gasteiger partial charge in [-0.1, -0.05) is 19.1 Å². The molecule has 2 aliphatic heterocycles. The third-order valence-corrected chi connectivity index (χ3v) is 5.42. The number of hydrogen-bond donors (Lipinski definition) is 1. The Morgan fingerprint density at radius 2 is 1.53 bits per heavy atom. The summed E-state index contributed by atoms with van der Waals surface area (Å²) in [6, 6.07) is 6.43. The van der Waals surface area contributed by atoms with E-state index in [4.69, 9.17) is 0 Å². The Hall–Kier alpha value is -3.50. The summed E-state index contributed by atoms with van der Waals surface area (Å²) in [5.41, 5.74) is 4.40. The topological polar surface area (TPSA) is 127 Å². The monoisotopic (exact) mass is 438 g/mol. The number of likely N-dealkylation sites (N-methyl/N-ethyl adjacent to an activating group) is 1. The highest BCUT2D eigenvalue weighted by molar-refractivity contribution is 5.67. The van der Waals surface area contributed by atoms with Gasteiger partial charge in [0.1, 0.15) is 12.4 Å². The van der Waals surface area contributed by atoms with Gasteiger partial charge in [0.25, 0.3) is 0 Å². The van der Waals surface area contributed by atoms with Crippen molar-refractivity contribution in [3.8, 4) is 0 Å². The van der Waals surface area contributed by atoms with Crippen molar-refractivity contribution in [3.63, 3.8) is 0 Å². The first-order valence-corrected chi connectivity index (χ1v) is 10.5. The zero-order valence-electron chi connectivity index (χ0n) is 17.9. The van der Waals surface area contributed by atoms with Gasteiger partial charge in [-0.2, -0.15) is 0 Å². The van der Waals surface area contributed by atoms with Crippen molar-refractivity contribution >= 4 is 22.8 Å². The molecular weight excluding hydrogens is 412 g/mol. The van der Waals surface area contributed by atoms with Crippen molar-refractivity contribution in [1.29, 1.82) is 0 Å². The Morgan fingerprint density at radius 3 is 1.91 bits per heavy atom. The van der Waals surface area contributed by atoms with Crippen molar-refractivity contribution < 1.29 is 9.85 Å². The molecule has 0 atom stereocenters. The maximum atomic E-state index is 10.5. The van der Waals surface area contributed by atoms with E-state index in [1.165, 1.54) is 23.3 Å². The van der Waals surface area contributed by atoms with Gasteiger partial charge < -0.3 is 25.5 Å². The molecular formula is C22H26N6O4. The lowest BCUT2D eigenvalue weighted by atomic mass is 10.0. The van der Waals surface area contributed by atoms with Gasteiger partial charge in [-0.3, -0.25) is 4.90 Å². The predicted octanol–water partition coefficient (Wildman–Crippen LogP) is 3.47. The SMILES string of the molecule is CCN1CC=C(c2ccc([N+](=O)[O-])nc2)CC1.O=[N+]([O-])c1ccc(C2=CCNCC2)cn1. The van der Waals surface area contributed by atoms with Crippen LogP contribution in [0.3, 0.4) is 0 Å². The van der Waals surface area contributed by atoms with E-state index in [9.17, 15) is 20.2 Å². The van der Waals surface area contributed by atoms with E-state index in [-0.39, 0.29) is 11.6 Å². The molecule has 0 aromatic carbocycles. The first kappa shape index (κ1) is 23.2. The van der Waals surface area contributed by atoms with Crippen LogP contribution in [-0.4, -0.2) is 57.4 Å². The van der Waals surface area contributed by atoms with Crippen LogP contribution in [-0.2, 0) is 0 Å². The summed E-state index contributed by atoms with van der Waals surface area (Å²) in [6.45, 7) is 6.99. The molecule has 0 aliphatic carbocycles. The van der Waals surface area contributed by atoms with Crippen LogP contribution in [0.25, 0.3) is 11.1 Å². The van der Waals surface area contributed by atoms with Crippen molar-refractivity contribution in [2.24, 2.45) is 0 Å². The fraction of sp³-hybridized carbons (Fsp3) is 0.364. The van der Waals surface area contributed by atoms with Gasteiger partial charge in [-0.05, 0) is 69.0 Å². The maximum Gasteiger partial charge on any atom is 0.363 e. The highest BCUT2D eigenvalue weighted by Crippen LogP contribution is 2.23. The van der Waals surface area contributed by atoms with Crippen LogP contribution in [0.4, 0.5) is 11.6 Å². The molecule has 0 saturated heterocycles. The van der Waals surface area contributed by atoms with E-state index in [1.54, 1.807) is 24.5 Å². The zero-order valence-corrected chi connectivity index (χ0v) is 17.9. The van der Waals surface area contributed by atoms with Crippen molar-refractivity contribution in [2.45, 2.75) is 19.8 Å². The molecule has 0 fully saturated rings. The van der Waals surface area contributed by atoms with Gasteiger partial charge in [0, 0.05) is 42.9 Å². The predicted molar refractivity (Wildman–Crippen MR) is 122 cm³/mol. The molecule has 0 saturated carbocycles. The van der Waals surface area contributed by atoms with E-state index in [2.05, 4.69) is 39.3 Å². The first-order valence-electron chi connectivity index (χ1n) is 10.5. The third kappa shape index (κ3) is 6.25. The second kappa shape index (κ2) is 11.2. The van der Waals surface area contributed by atoms with Crippen molar-refractivity contribution in [3.05, 3.63) is 80.2 Å². The number of nitrogens with one attached hydrogen (secondary N) is 1. The number of rotatable bonds is 5. The lowest BCUT2D eigenvalue weighted by Gasteiger charge is -2.24. The fourth-order valence-corrected chi connectivity index (χ4v) is 3.51. The fourth-order valence-electron chi connectivity index (χ4n) is 3.51. The molecule has 0 bridgehead atoms. The molecule has 4 heterocycles. The van der Waals surface area contributed by atoms with E-state index in [0.29, 0.717) is 0 Å². The average molecular weight is 438 g/mol. The summed E-state index contributed by atoms with van der Waals surface area (Å²) in [4.78, 5) is 29.9. The van der Waals surface area contributed by atoms with Crippen LogP contribution < -0.4 is 5.32 Å². The zero-order chi connectivity index (χ0) is 22.9. The Morgan fingerprint density at radius 1 is 0.938 bits per heavy atom. The van der Waals surface area contributed by atoms with Crippen LogP contribution in [0, 0.1) is 20.2 Å². The summed E-state index contributed by atoms with van der Waals surface area (Å²) < 4.78 is 0. The Kier molecular flexibility index (Phi) is 8.12. The van der Waals surface area contributed by atoms with E-state index in [0.717, 1.165) is 56.7 Å². The van der Waals surface area contributed by atoms with Gasteiger partial charge in [-0.15, -0.1) is 0 Å². The molecule has 2 aromatic heterocycles. The second-order valence-electron chi connectivity index (χ2n) is 7.38. The quantitative estimate of drug-likeness (QED) is 0.555. The molecule has 168 valence electrons. The molecule has 0 unspecified atom stereocenters. The van der Waals surface area contributed by atoms with E-state index < -0.39 is 9.85 Å². The average Bonchev–Trinajstić information content (AvgIpc) is 2.85. The van der Waals surface area contributed by atoms with Gasteiger partial charge in [0.05, 0.1) is 0 Å². The maximum absolute atomic E-state index is 10.5. The standard InChI is InChI=1S/C12H15N3O2.C10H11N3O2/c1-2-14-7-5-10(6-8-14)11-3-4-12(13-9-11)15(16)17;14-13(15)10-2-1-9(7-12-10)8-3-5-11-6-4-8/h3-5,9H,2,6-8H2,1H3;1-3,7,11H,4-6H2. The minimum Gasteiger partial charge on any atom is -0.358 e. The largest absolute Gasteiger partial charge is 0.363 e. The van der Waals surface area contributed by atoms with Gasteiger partial charge in [0.2, 0.25) is 0 Å². The van der Waals surface area contributed by atoms with Gasteiger partial charge in [-0.25, -0.2) is 0 Å². The minimum absolute atomic E-state index is 0.0969. The normalized spacial score (nSPS) is 16.3. The molecule has 0 radical (unpaired) electrons. The Bertz CT molecular complexity index is 1000. The molecule has 2 aliphatic rings. The van der Waals surface area contributed by atoms with Gasteiger partial charge >= 0.3 is 11.6 Å². The summed E-state index contributed by atoms with van der Waals surface area (Å²) in [5, 5.41) is 24.1. The molecule has 0 amide bonds. The van der Waals surface area contributed by atoms with Gasteiger partial charge in [0.15, 0.2) is 0 Å². The number of nitrogens with zero attached hydrogens (tertiary/aromatic N) is 5. The van der Waals surface area contributed by atoms with Crippen LogP contribution >= 0.6 is 0 Å². The van der Waals surface area contributed by atoms with Crippen LogP contribution in [0.1, 0.15) is 30.9 Å². The number of hydrogen-bond acceptors (Lipinski definition) is 8. The Labute approximate surface area is 186 Å². The Balaban J connectivity index is 0.000000182. The molecule has 32 heavy (non-hydrogen) atoms. The molecule has 10 heteroatoms. The molecule has 2 aromatic rings. The smallest absolute Gasteiger partial charge is 0.358 e. The number of pyridine rings is 2. The van der Waals surface area contributed by atoms with Crippen molar-refractivity contribution in [2.75, 3.05) is 32.7 Å². The van der Waals surface area contributed by atoms with Crippen LogP contribution in [0.15, 0.2) is 48.8 Å². The lowest BCUT2D eigenvalue weighted by Crippen LogP contribution is -2.28. The highest BCUT2D eigenvalue weighted by Gasteiger charge is 2.14. The number of nitro groups is 2. The first-order chi connectivity index (χ1) is 15.5. The summed E-state index contributed by atoms with van der Waals surface area (Å²) >= 11 is 0. The molecule has 1 N–H and O–H groups in total. The lowest BCUT2D eigenvalue weighted by molar-refractivity contribution is -0.389. The highest BCUT2D eigenvalue weighted by atomic mass is 16.6. The van der Waals surface area contributed by atoms with Crippen LogP contribution in [0.2, 0.25) is 0 Å². The summed E-state index contributed by atoms with van der Waals surface area (Å²) in [6.07, 6.45) is 9.34. The molecule has 10 nitrogen and oxygen atoms in total. The second-order valence-corrected chi connectivity index (χ2v) is 7.38. The minimum atomic E-state index is -0.486. The molecule has 4 rings (SSSR count). The molecule has 0 spiro atoms. The summed E-state index contributed by atoms with van der Waals surface area (Å²) in [5.74, 6) is -0.200. The van der Waals surface area contributed by atoms with Crippen LogP contribution in [0.5, 0.6) is 0 Å². The third-order valence-electron chi connectivity index (χ3n) is 5.42. The summed E-state index contributed by atoms with van der Waals surface area (Å²) in [7, 11) is 0. The van der Waals surface area contributed by atoms with Crippen molar-refractivity contribution in [1.82, 2.24) is 20.2 Å². The number of aromatic nitrogens is 2. The van der Waals surface area contributed by atoms with E-state index >= 15 is 0 Å². The van der Waals surface area contributed by atoms with E-state index in [1.807, 2.05) is 0 Å².